The molecule has 1 aliphatic rings. The Balaban J connectivity index is 1.72. The summed E-state index contributed by atoms with van der Waals surface area (Å²) in [4.78, 5) is 6.97. The smallest absolute Gasteiger partial charge is 0.0705 e. The zero-order chi connectivity index (χ0) is 13.9. The maximum Gasteiger partial charge on any atom is 0.0705 e. The Morgan fingerprint density at radius 1 is 1.25 bits per heavy atom. The van der Waals surface area contributed by atoms with Gasteiger partial charge < -0.3 is 0 Å². The fourth-order valence-electron chi connectivity index (χ4n) is 3.10. The van der Waals surface area contributed by atoms with Crippen molar-refractivity contribution in [3.63, 3.8) is 0 Å². The highest BCUT2D eigenvalue weighted by atomic mass is 35.5. The van der Waals surface area contributed by atoms with Gasteiger partial charge in [0.05, 0.1) is 5.52 Å². The molecule has 1 aliphatic heterocycles. The van der Waals surface area contributed by atoms with Crippen molar-refractivity contribution in [1.82, 2.24) is 9.88 Å². The van der Waals surface area contributed by atoms with Crippen LogP contribution in [0.1, 0.15) is 25.3 Å². The number of halogens is 1. The Morgan fingerprint density at radius 2 is 2.00 bits per heavy atom. The van der Waals surface area contributed by atoms with Crippen LogP contribution in [0.3, 0.4) is 0 Å². The highest BCUT2D eigenvalue weighted by Gasteiger charge is 2.22. The summed E-state index contributed by atoms with van der Waals surface area (Å²) < 4.78 is 0. The molecule has 1 atom stereocenters. The average molecular weight is 289 g/mol. The molecule has 0 saturated carbocycles. The largest absolute Gasteiger partial charge is 0.299 e. The topological polar surface area (TPSA) is 16.1 Å². The third-order valence-electron chi connectivity index (χ3n) is 4.42. The van der Waals surface area contributed by atoms with Crippen molar-refractivity contribution in [3.05, 3.63) is 42.1 Å². The summed E-state index contributed by atoms with van der Waals surface area (Å²) in [5, 5.41) is 1.58. The predicted molar refractivity (Wildman–Crippen MR) is 85.1 cm³/mol. The SMILES string of the molecule is CC(Cl)C1CCN(Cc2ccnc3ccccc23)CC1. The molecule has 3 rings (SSSR count). The maximum absolute atomic E-state index is 6.22. The first-order chi connectivity index (χ1) is 9.74. The summed E-state index contributed by atoms with van der Waals surface area (Å²) in [6.45, 7) is 5.45. The van der Waals surface area contributed by atoms with Crippen LogP contribution in [0.25, 0.3) is 10.9 Å². The summed E-state index contributed by atoms with van der Waals surface area (Å²) in [5.74, 6) is 0.683. The lowest BCUT2D eigenvalue weighted by atomic mass is 9.93. The van der Waals surface area contributed by atoms with Crippen molar-refractivity contribution < 1.29 is 0 Å². The van der Waals surface area contributed by atoms with Crippen LogP contribution in [0.5, 0.6) is 0 Å². The summed E-state index contributed by atoms with van der Waals surface area (Å²) in [5.41, 5.74) is 2.47. The molecule has 1 aromatic heterocycles. The van der Waals surface area contributed by atoms with E-state index in [-0.39, 0.29) is 0 Å². The summed E-state index contributed by atoms with van der Waals surface area (Å²) in [6, 6.07) is 10.5. The fraction of sp³-hybridized carbons (Fsp3) is 0.471. The van der Waals surface area contributed by atoms with Gasteiger partial charge in [-0.05, 0) is 56.5 Å². The lowest BCUT2D eigenvalue weighted by Crippen LogP contribution is -2.35. The van der Waals surface area contributed by atoms with E-state index in [1.165, 1.54) is 23.8 Å². The van der Waals surface area contributed by atoms with Crippen LogP contribution < -0.4 is 0 Å². The van der Waals surface area contributed by atoms with E-state index in [1.54, 1.807) is 0 Å². The molecule has 106 valence electrons. The van der Waals surface area contributed by atoms with Gasteiger partial charge in [-0.1, -0.05) is 18.2 Å². The van der Waals surface area contributed by atoms with Crippen LogP contribution >= 0.6 is 11.6 Å². The van der Waals surface area contributed by atoms with Crippen molar-refractivity contribution >= 4 is 22.5 Å². The molecule has 0 spiro atoms. The second kappa shape index (κ2) is 6.11. The first-order valence-corrected chi connectivity index (χ1v) is 7.87. The van der Waals surface area contributed by atoms with E-state index in [2.05, 4.69) is 41.1 Å². The molecule has 1 saturated heterocycles. The number of fused-ring (bicyclic) bond motifs is 1. The van der Waals surface area contributed by atoms with Crippen molar-refractivity contribution in [2.24, 2.45) is 5.92 Å². The van der Waals surface area contributed by atoms with Gasteiger partial charge in [0.15, 0.2) is 0 Å². The van der Waals surface area contributed by atoms with E-state index in [1.807, 2.05) is 12.3 Å². The maximum atomic E-state index is 6.22. The third kappa shape index (κ3) is 2.97. The molecule has 20 heavy (non-hydrogen) atoms. The molecule has 2 heterocycles. The van der Waals surface area contributed by atoms with Crippen molar-refractivity contribution in [2.45, 2.75) is 31.7 Å². The van der Waals surface area contributed by atoms with Gasteiger partial charge in [0, 0.05) is 23.5 Å². The van der Waals surface area contributed by atoms with E-state index >= 15 is 0 Å². The monoisotopic (exact) mass is 288 g/mol. The number of aromatic nitrogens is 1. The van der Waals surface area contributed by atoms with Gasteiger partial charge in [0.25, 0.3) is 0 Å². The second-order valence-corrected chi connectivity index (χ2v) is 6.47. The van der Waals surface area contributed by atoms with E-state index in [4.69, 9.17) is 11.6 Å². The van der Waals surface area contributed by atoms with Crippen molar-refractivity contribution in [3.8, 4) is 0 Å². The molecule has 2 aromatic rings. The predicted octanol–water partition coefficient (Wildman–Crippen LogP) is 4.07. The Labute approximate surface area is 125 Å². The van der Waals surface area contributed by atoms with Gasteiger partial charge in [-0.3, -0.25) is 9.88 Å². The number of rotatable bonds is 3. The molecule has 3 heteroatoms. The molecule has 2 nitrogen and oxygen atoms in total. The number of nitrogens with zero attached hydrogens (tertiary/aromatic N) is 2. The van der Waals surface area contributed by atoms with Crippen molar-refractivity contribution in [1.29, 1.82) is 0 Å². The number of hydrogen-bond donors (Lipinski definition) is 0. The van der Waals surface area contributed by atoms with Gasteiger partial charge in [-0.25, -0.2) is 0 Å². The summed E-state index contributed by atoms with van der Waals surface area (Å²) in [7, 11) is 0. The number of pyridine rings is 1. The zero-order valence-corrected chi connectivity index (χ0v) is 12.7. The number of piperidine rings is 1. The van der Waals surface area contributed by atoms with Crippen LogP contribution in [0.2, 0.25) is 0 Å². The third-order valence-corrected chi connectivity index (χ3v) is 4.77. The molecular formula is C17H21ClN2. The minimum Gasteiger partial charge on any atom is -0.299 e. The Bertz CT molecular complexity index is 569. The molecular weight excluding hydrogens is 268 g/mol. The molecule has 0 amide bonds. The fourth-order valence-corrected chi connectivity index (χ4v) is 3.36. The molecule has 0 bridgehead atoms. The molecule has 1 unspecified atom stereocenters. The van der Waals surface area contributed by atoms with Gasteiger partial charge >= 0.3 is 0 Å². The summed E-state index contributed by atoms with van der Waals surface area (Å²) in [6.07, 6.45) is 4.35. The van der Waals surface area contributed by atoms with E-state index < -0.39 is 0 Å². The number of benzene rings is 1. The first-order valence-electron chi connectivity index (χ1n) is 7.43. The minimum absolute atomic E-state index is 0.305. The number of likely N-dealkylation sites (tertiary alicyclic amines) is 1. The summed E-state index contributed by atoms with van der Waals surface area (Å²) >= 11 is 6.22. The van der Waals surface area contributed by atoms with E-state index in [0.717, 1.165) is 25.2 Å². The average Bonchev–Trinajstić information content (AvgIpc) is 2.48. The van der Waals surface area contributed by atoms with Crippen LogP contribution in [0.4, 0.5) is 0 Å². The lowest BCUT2D eigenvalue weighted by Gasteiger charge is -2.33. The first kappa shape index (κ1) is 13.8. The van der Waals surface area contributed by atoms with Crippen LogP contribution in [-0.4, -0.2) is 28.4 Å². The minimum atomic E-state index is 0.305. The standard InChI is InChI=1S/C17H21ClN2/c1-13(18)14-7-10-20(11-8-14)12-15-6-9-19-17-5-3-2-4-16(15)17/h2-6,9,13-14H,7-8,10-12H2,1H3. The number of para-hydroxylation sites is 1. The number of alkyl halides is 1. The highest BCUT2D eigenvalue weighted by Crippen LogP contribution is 2.26. The highest BCUT2D eigenvalue weighted by molar-refractivity contribution is 6.20. The van der Waals surface area contributed by atoms with Crippen molar-refractivity contribution in [2.75, 3.05) is 13.1 Å². The van der Waals surface area contributed by atoms with Crippen LogP contribution in [0.15, 0.2) is 36.5 Å². The second-order valence-electron chi connectivity index (χ2n) is 5.78. The van der Waals surface area contributed by atoms with Gasteiger partial charge in [0.2, 0.25) is 0 Å². The molecule has 0 aliphatic carbocycles. The molecule has 1 aromatic carbocycles. The zero-order valence-electron chi connectivity index (χ0n) is 11.9. The normalized spacial score (nSPS) is 19.3. The number of hydrogen-bond acceptors (Lipinski definition) is 2. The molecule has 0 radical (unpaired) electrons. The Morgan fingerprint density at radius 3 is 2.75 bits per heavy atom. The van der Waals surface area contributed by atoms with Gasteiger partial charge in [-0.15, -0.1) is 11.6 Å². The Kier molecular flexibility index (Phi) is 4.23. The van der Waals surface area contributed by atoms with Crippen LogP contribution in [0, 0.1) is 5.92 Å². The van der Waals surface area contributed by atoms with E-state index in [9.17, 15) is 0 Å². The molecule has 1 fully saturated rings. The quantitative estimate of drug-likeness (QED) is 0.791. The van der Waals surface area contributed by atoms with Gasteiger partial charge in [-0.2, -0.15) is 0 Å². The molecule has 0 N–H and O–H groups in total. The van der Waals surface area contributed by atoms with Gasteiger partial charge in [0.1, 0.15) is 0 Å². The Hall–Kier alpha value is -1.12. The van der Waals surface area contributed by atoms with E-state index in [0.29, 0.717) is 11.3 Å². The lowest BCUT2D eigenvalue weighted by molar-refractivity contribution is 0.177. The van der Waals surface area contributed by atoms with Crippen LogP contribution in [-0.2, 0) is 6.54 Å².